The average Bonchev–Trinajstić information content (AvgIpc) is 3.24. The molecule has 4 heteroatoms. The molecule has 0 amide bonds. The molecule has 0 saturated carbocycles. The predicted molar refractivity (Wildman–Crippen MR) is 107 cm³/mol. The van der Waals surface area contributed by atoms with Gasteiger partial charge < -0.3 is 5.11 Å². The van der Waals surface area contributed by atoms with E-state index < -0.39 is 0 Å². The number of nitrogens with zero attached hydrogens (tertiary/aromatic N) is 2. The number of aliphatic hydroxyl groups excluding tert-OH is 1. The van der Waals surface area contributed by atoms with Crippen LogP contribution in [0.4, 0.5) is 0 Å². The number of likely N-dealkylation sites (tertiary alicyclic amines) is 1. The molecule has 134 valence electrons. The van der Waals surface area contributed by atoms with E-state index in [4.69, 9.17) is 0 Å². The summed E-state index contributed by atoms with van der Waals surface area (Å²) >= 11 is 1.66. The van der Waals surface area contributed by atoms with Gasteiger partial charge in [-0.2, -0.15) is 0 Å². The third-order valence-corrected chi connectivity index (χ3v) is 6.21. The van der Waals surface area contributed by atoms with Gasteiger partial charge in [-0.25, -0.2) is 0 Å². The fourth-order valence-corrected chi connectivity index (χ4v) is 4.52. The van der Waals surface area contributed by atoms with E-state index in [0.29, 0.717) is 5.92 Å². The molecule has 26 heavy (non-hydrogen) atoms. The Morgan fingerprint density at radius 1 is 1.04 bits per heavy atom. The van der Waals surface area contributed by atoms with Crippen molar-refractivity contribution in [2.24, 2.45) is 5.92 Å². The number of piperidine rings is 1. The fourth-order valence-electron chi connectivity index (χ4n) is 3.71. The van der Waals surface area contributed by atoms with Crippen LogP contribution in [-0.4, -0.2) is 28.1 Å². The summed E-state index contributed by atoms with van der Waals surface area (Å²) in [5.74, 6) is 0.387. The van der Waals surface area contributed by atoms with E-state index in [1.165, 1.54) is 11.1 Å². The maximum absolute atomic E-state index is 10.5. The van der Waals surface area contributed by atoms with Crippen molar-refractivity contribution in [2.75, 3.05) is 13.1 Å². The summed E-state index contributed by atoms with van der Waals surface area (Å²) in [6.45, 7) is 3.09. The van der Waals surface area contributed by atoms with Gasteiger partial charge in [-0.1, -0.05) is 36.4 Å². The van der Waals surface area contributed by atoms with Crippen LogP contribution >= 0.6 is 11.3 Å². The topological polar surface area (TPSA) is 36.4 Å². The van der Waals surface area contributed by atoms with E-state index in [9.17, 15) is 5.11 Å². The Balaban J connectivity index is 1.32. The Morgan fingerprint density at radius 2 is 1.85 bits per heavy atom. The molecule has 1 saturated heterocycles. The van der Waals surface area contributed by atoms with Crippen molar-refractivity contribution in [1.29, 1.82) is 0 Å². The number of benzene rings is 1. The third-order valence-electron chi connectivity index (χ3n) is 5.27. The monoisotopic (exact) mass is 364 g/mol. The second kappa shape index (κ2) is 8.12. The molecule has 1 unspecified atom stereocenters. The zero-order valence-electron chi connectivity index (χ0n) is 14.8. The fraction of sp³-hybridized carbons (Fsp3) is 0.318. The van der Waals surface area contributed by atoms with Crippen molar-refractivity contribution in [3.05, 3.63) is 76.7 Å². The Bertz CT molecular complexity index is 794. The van der Waals surface area contributed by atoms with Crippen LogP contribution in [0.2, 0.25) is 0 Å². The van der Waals surface area contributed by atoms with Gasteiger partial charge in [0, 0.05) is 23.8 Å². The zero-order valence-corrected chi connectivity index (χ0v) is 15.6. The summed E-state index contributed by atoms with van der Waals surface area (Å²) in [5.41, 5.74) is 3.71. The van der Waals surface area contributed by atoms with Crippen LogP contribution in [0.3, 0.4) is 0 Å². The second-order valence-corrected chi connectivity index (χ2v) is 7.99. The summed E-state index contributed by atoms with van der Waals surface area (Å²) in [6, 6.07) is 16.9. The lowest BCUT2D eigenvalue weighted by Crippen LogP contribution is -2.35. The van der Waals surface area contributed by atoms with Crippen molar-refractivity contribution in [1.82, 2.24) is 9.88 Å². The SMILES string of the molecule is OC(c1cccs1)C1CCN(Cc2ccc(-c3cccnc3)cc2)CC1. The van der Waals surface area contributed by atoms with E-state index >= 15 is 0 Å². The first-order chi connectivity index (χ1) is 12.8. The first-order valence-corrected chi connectivity index (χ1v) is 10.1. The molecule has 0 spiro atoms. The Labute approximate surface area is 159 Å². The van der Waals surface area contributed by atoms with E-state index in [0.717, 1.165) is 42.9 Å². The number of hydrogen-bond acceptors (Lipinski definition) is 4. The van der Waals surface area contributed by atoms with Crippen LogP contribution in [0.15, 0.2) is 66.3 Å². The minimum atomic E-state index is -0.295. The Morgan fingerprint density at radius 3 is 2.50 bits per heavy atom. The molecule has 1 N–H and O–H groups in total. The van der Waals surface area contributed by atoms with Gasteiger partial charge in [0.15, 0.2) is 0 Å². The molecule has 1 aliphatic heterocycles. The molecule has 4 rings (SSSR count). The lowest BCUT2D eigenvalue weighted by Gasteiger charge is -2.34. The van der Waals surface area contributed by atoms with Crippen LogP contribution < -0.4 is 0 Å². The highest BCUT2D eigenvalue weighted by atomic mass is 32.1. The summed E-state index contributed by atoms with van der Waals surface area (Å²) in [6.07, 6.45) is 5.53. The van der Waals surface area contributed by atoms with Gasteiger partial charge in [0.2, 0.25) is 0 Å². The highest BCUT2D eigenvalue weighted by Crippen LogP contribution is 2.33. The number of aliphatic hydroxyl groups is 1. The molecule has 3 nitrogen and oxygen atoms in total. The number of hydrogen-bond donors (Lipinski definition) is 1. The summed E-state index contributed by atoms with van der Waals surface area (Å²) in [5, 5.41) is 12.6. The van der Waals surface area contributed by atoms with Gasteiger partial charge in [0.1, 0.15) is 0 Å². The molecule has 0 aliphatic carbocycles. The first-order valence-electron chi connectivity index (χ1n) is 9.23. The van der Waals surface area contributed by atoms with Crippen LogP contribution in [0.5, 0.6) is 0 Å². The van der Waals surface area contributed by atoms with E-state index in [-0.39, 0.29) is 6.10 Å². The van der Waals surface area contributed by atoms with E-state index in [2.05, 4.69) is 40.2 Å². The predicted octanol–water partition coefficient (Wildman–Crippen LogP) is 4.76. The largest absolute Gasteiger partial charge is 0.387 e. The molecule has 1 aromatic carbocycles. The minimum Gasteiger partial charge on any atom is -0.387 e. The second-order valence-electron chi connectivity index (χ2n) is 7.01. The van der Waals surface area contributed by atoms with Crippen LogP contribution in [0.1, 0.15) is 29.4 Å². The quantitative estimate of drug-likeness (QED) is 0.709. The molecule has 1 aliphatic rings. The summed E-state index contributed by atoms with van der Waals surface area (Å²) < 4.78 is 0. The van der Waals surface area contributed by atoms with Gasteiger partial charge in [0.25, 0.3) is 0 Å². The van der Waals surface area contributed by atoms with Gasteiger partial charge >= 0.3 is 0 Å². The Hall–Kier alpha value is -2.01. The van der Waals surface area contributed by atoms with Crippen LogP contribution in [0.25, 0.3) is 11.1 Å². The van der Waals surface area contributed by atoms with Gasteiger partial charge in [-0.3, -0.25) is 9.88 Å². The minimum absolute atomic E-state index is 0.295. The standard InChI is InChI=1S/C22H24N2OS/c25-22(21-4-2-14-26-21)19-9-12-24(13-10-19)16-17-5-7-18(8-6-17)20-3-1-11-23-15-20/h1-8,11,14-15,19,22,25H,9-10,12-13,16H2. The molecule has 0 radical (unpaired) electrons. The summed E-state index contributed by atoms with van der Waals surface area (Å²) in [4.78, 5) is 7.79. The number of pyridine rings is 1. The molecular weight excluding hydrogens is 340 g/mol. The van der Waals surface area contributed by atoms with Crippen molar-refractivity contribution in [2.45, 2.75) is 25.5 Å². The van der Waals surface area contributed by atoms with Crippen LogP contribution in [0, 0.1) is 5.92 Å². The third kappa shape index (κ3) is 4.04. The van der Waals surface area contributed by atoms with Crippen molar-refractivity contribution in [3.63, 3.8) is 0 Å². The number of thiophene rings is 1. The Kier molecular flexibility index (Phi) is 5.44. The zero-order chi connectivity index (χ0) is 17.8. The van der Waals surface area contributed by atoms with Crippen molar-refractivity contribution < 1.29 is 5.11 Å². The normalized spacial score (nSPS) is 17.3. The van der Waals surface area contributed by atoms with E-state index in [1.54, 1.807) is 17.5 Å². The molecular formula is C22H24N2OS. The molecule has 2 aromatic heterocycles. The van der Waals surface area contributed by atoms with Gasteiger partial charge in [0.05, 0.1) is 6.10 Å². The van der Waals surface area contributed by atoms with Gasteiger partial charge in [-0.15, -0.1) is 11.3 Å². The number of rotatable bonds is 5. The molecule has 3 aromatic rings. The van der Waals surface area contributed by atoms with Crippen molar-refractivity contribution >= 4 is 11.3 Å². The van der Waals surface area contributed by atoms with Crippen LogP contribution in [-0.2, 0) is 6.54 Å². The first kappa shape index (κ1) is 17.4. The highest BCUT2D eigenvalue weighted by Gasteiger charge is 2.26. The van der Waals surface area contributed by atoms with E-state index in [1.807, 2.05) is 29.8 Å². The molecule has 0 bridgehead atoms. The average molecular weight is 365 g/mol. The highest BCUT2D eigenvalue weighted by molar-refractivity contribution is 7.10. The smallest absolute Gasteiger partial charge is 0.0910 e. The molecule has 3 heterocycles. The van der Waals surface area contributed by atoms with Crippen molar-refractivity contribution in [3.8, 4) is 11.1 Å². The maximum atomic E-state index is 10.5. The summed E-state index contributed by atoms with van der Waals surface area (Å²) in [7, 11) is 0. The molecule has 1 fully saturated rings. The maximum Gasteiger partial charge on any atom is 0.0910 e. The van der Waals surface area contributed by atoms with Gasteiger partial charge in [-0.05, 0) is 66.1 Å². The number of aromatic nitrogens is 1. The lowest BCUT2D eigenvalue weighted by molar-refractivity contribution is 0.0591. The lowest BCUT2D eigenvalue weighted by atomic mass is 9.90. The molecule has 1 atom stereocenters.